The van der Waals surface area contributed by atoms with E-state index in [9.17, 15) is 0 Å². The highest BCUT2D eigenvalue weighted by Crippen LogP contribution is 2.43. The number of ether oxygens (including phenoxy) is 1. The summed E-state index contributed by atoms with van der Waals surface area (Å²) in [5.74, 6) is 0.910. The van der Waals surface area contributed by atoms with Crippen LogP contribution >= 0.6 is 0 Å². The van der Waals surface area contributed by atoms with Crippen LogP contribution in [-0.4, -0.2) is 25.3 Å². The molecular weight excluding hydrogens is 186 g/mol. The molecule has 0 aromatic heterocycles. The Balaban J connectivity index is 1.88. The van der Waals surface area contributed by atoms with Gasteiger partial charge in [0.2, 0.25) is 0 Å². The van der Waals surface area contributed by atoms with Crippen molar-refractivity contribution in [2.45, 2.75) is 57.4 Å². The Kier molecular flexibility index (Phi) is 4.04. The minimum absolute atomic E-state index is 0.353. The number of nitrogens with one attached hydrogen (secondary N) is 1. The lowest BCUT2D eigenvalue weighted by Crippen LogP contribution is -2.50. The van der Waals surface area contributed by atoms with E-state index in [1.807, 2.05) is 0 Å². The molecular formula is C13H25NO. The highest BCUT2D eigenvalue weighted by molar-refractivity contribution is 5.01. The van der Waals surface area contributed by atoms with Crippen molar-refractivity contribution in [3.8, 4) is 0 Å². The fraction of sp³-hybridized carbons (Fsp3) is 1.00. The zero-order valence-corrected chi connectivity index (χ0v) is 10.1. The second-order valence-electron chi connectivity index (χ2n) is 5.22. The van der Waals surface area contributed by atoms with Crippen LogP contribution in [0, 0.1) is 5.92 Å². The van der Waals surface area contributed by atoms with Crippen LogP contribution in [0.3, 0.4) is 0 Å². The molecule has 0 spiro atoms. The van der Waals surface area contributed by atoms with Crippen molar-refractivity contribution >= 4 is 0 Å². The first-order valence-corrected chi connectivity index (χ1v) is 6.70. The third kappa shape index (κ3) is 2.94. The second kappa shape index (κ2) is 5.31. The van der Waals surface area contributed by atoms with E-state index in [0.717, 1.165) is 25.6 Å². The first-order valence-electron chi connectivity index (χ1n) is 6.70. The van der Waals surface area contributed by atoms with Crippen LogP contribution in [0.2, 0.25) is 0 Å². The fourth-order valence-corrected chi connectivity index (χ4v) is 2.79. The minimum Gasteiger partial charge on any atom is -0.380 e. The smallest absolute Gasteiger partial charge is 0.0650 e. The van der Waals surface area contributed by atoms with Gasteiger partial charge < -0.3 is 10.1 Å². The average Bonchev–Trinajstić information content (AvgIpc) is 3.06. The minimum atomic E-state index is 0.353. The molecule has 88 valence electrons. The summed E-state index contributed by atoms with van der Waals surface area (Å²) in [4.78, 5) is 0. The SMILES string of the molecule is CCCOCC1(C2CC2)CCCCCN1. The maximum Gasteiger partial charge on any atom is 0.0650 e. The normalized spacial score (nSPS) is 32.6. The lowest BCUT2D eigenvalue weighted by molar-refractivity contribution is 0.0548. The van der Waals surface area contributed by atoms with E-state index in [0.29, 0.717) is 5.54 Å². The maximum atomic E-state index is 5.82. The molecule has 0 aromatic rings. The zero-order chi connectivity index (χ0) is 10.6. The molecule has 1 aliphatic heterocycles. The molecule has 1 heterocycles. The molecule has 2 heteroatoms. The van der Waals surface area contributed by atoms with E-state index in [4.69, 9.17) is 4.74 Å². The van der Waals surface area contributed by atoms with E-state index in [1.165, 1.54) is 45.1 Å². The van der Waals surface area contributed by atoms with Crippen molar-refractivity contribution in [2.24, 2.45) is 5.92 Å². The molecule has 1 saturated carbocycles. The highest BCUT2D eigenvalue weighted by atomic mass is 16.5. The van der Waals surface area contributed by atoms with Crippen molar-refractivity contribution in [2.75, 3.05) is 19.8 Å². The third-order valence-electron chi connectivity index (χ3n) is 3.84. The first-order chi connectivity index (χ1) is 7.37. The molecule has 0 bridgehead atoms. The summed E-state index contributed by atoms with van der Waals surface area (Å²) < 4.78 is 5.82. The van der Waals surface area contributed by atoms with Gasteiger partial charge in [0.1, 0.15) is 0 Å². The van der Waals surface area contributed by atoms with Crippen LogP contribution < -0.4 is 5.32 Å². The van der Waals surface area contributed by atoms with E-state index in [-0.39, 0.29) is 0 Å². The van der Waals surface area contributed by atoms with Crippen LogP contribution in [0.1, 0.15) is 51.9 Å². The molecule has 1 unspecified atom stereocenters. The van der Waals surface area contributed by atoms with Gasteiger partial charge in [-0.25, -0.2) is 0 Å². The number of rotatable bonds is 5. The molecule has 2 rings (SSSR count). The third-order valence-corrected chi connectivity index (χ3v) is 3.84. The van der Waals surface area contributed by atoms with Gasteiger partial charge in [-0.1, -0.05) is 19.8 Å². The Labute approximate surface area is 93.8 Å². The monoisotopic (exact) mass is 211 g/mol. The molecule has 1 N–H and O–H groups in total. The van der Waals surface area contributed by atoms with Crippen molar-refractivity contribution in [3.63, 3.8) is 0 Å². The molecule has 2 aliphatic rings. The topological polar surface area (TPSA) is 21.3 Å². The van der Waals surface area contributed by atoms with Crippen LogP contribution in [0.15, 0.2) is 0 Å². The van der Waals surface area contributed by atoms with Gasteiger partial charge in [-0.3, -0.25) is 0 Å². The van der Waals surface area contributed by atoms with Gasteiger partial charge in [0.05, 0.1) is 6.61 Å². The number of hydrogen-bond donors (Lipinski definition) is 1. The largest absolute Gasteiger partial charge is 0.380 e. The van der Waals surface area contributed by atoms with Gasteiger partial charge in [-0.05, 0) is 44.6 Å². The van der Waals surface area contributed by atoms with Crippen LogP contribution in [0.4, 0.5) is 0 Å². The molecule has 1 saturated heterocycles. The quantitative estimate of drug-likeness (QED) is 0.706. The molecule has 15 heavy (non-hydrogen) atoms. The predicted molar refractivity (Wildman–Crippen MR) is 63.0 cm³/mol. The summed E-state index contributed by atoms with van der Waals surface area (Å²) in [6.07, 6.45) is 9.45. The van der Waals surface area contributed by atoms with Gasteiger partial charge in [0.15, 0.2) is 0 Å². The lowest BCUT2D eigenvalue weighted by Gasteiger charge is -2.34. The Hall–Kier alpha value is -0.0800. The summed E-state index contributed by atoms with van der Waals surface area (Å²) in [6, 6.07) is 0. The Morgan fingerprint density at radius 2 is 2.13 bits per heavy atom. The summed E-state index contributed by atoms with van der Waals surface area (Å²) in [6.45, 7) is 5.26. The van der Waals surface area contributed by atoms with Crippen LogP contribution in [0.25, 0.3) is 0 Å². The van der Waals surface area contributed by atoms with Crippen LogP contribution in [-0.2, 0) is 4.74 Å². The zero-order valence-electron chi connectivity index (χ0n) is 10.1. The van der Waals surface area contributed by atoms with Gasteiger partial charge >= 0.3 is 0 Å². The summed E-state index contributed by atoms with van der Waals surface area (Å²) in [5.41, 5.74) is 0.353. The maximum absolute atomic E-state index is 5.82. The molecule has 2 nitrogen and oxygen atoms in total. The highest BCUT2D eigenvalue weighted by Gasteiger charge is 2.44. The van der Waals surface area contributed by atoms with Crippen molar-refractivity contribution < 1.29 is 4.74 Å². The fourth-order valence-electron chi connectivity index (χ4n) is 2.79. The second-order valence-corrected chi connectivity index (χ2v) is 5.22. The first kappa shape index (κ1) is 11.4. The van der Waals surface area contributed by atoms with E-state index >= 15 is 0 Å². The summed E-state index contributed by atoms with van der Waals surface area (Å²) >= 11 is 0. The van der Waals surface area contributed by atoms with Crippen molar-refractivity contribution in [1.29, 1.82) is 0 Å². The van der Waals surface area contributed by atoms with Crippen LogP contribution in [0.5, 0.6) is 0 Å². The Morgan fingerprint density at radius 3 is 2.87 bits per heavy atom. The predicted octanol–water partition coefficient (Wildman–Crippen LogP) is 2.73. The summed E-state index contributed by atoms with van der Waals surface area (Å²) in [5, 5.41) is 3.79. The van der Waals surface area contributed by atoms with Crippen molar-refractivity contribution in [3.05, 3.63) is 0 Å². The molecule has 0 radical (unpaired) electrons. The van der Waals surface area contributed by atoms with Gasteiger partial charge in [-0.15, -0.1) is 0 Å². The Morgan fingerprint density at radius 1 is 1.27 bits per heavy atom. The van der Waals surface area contributed by atoms with E-state index in [2.05, 4.69) is 12.2 Å². The van der Waals surface area contributed by atoms with Gasteiger partial charge in [0.25, 0.3) is 0 Å². The van der Waals surface area contributed by atoms with Gasteiger partial charge in [-0.2, -0.15) is 0 Å². The molecule has 1 atom stereocenters. The van der Waals surface area contributed by atoms with Gasteiger partial charge in [0, 0.05) is 12.1 Å². The molecule has 0 amide bonds. The van der Waals surface area contributed by atoms with E-state index < -0.39 is 0 Å². The summed E-state index contributed by atoms with van der Waals surface area (Å²) in [7, 11) is 0. The molecule has 2 fully saturated rings. The molecule has 0 aromatic carbocycles. The lowest BCUT2D eigenvalue weighted by atomic mass is 9.89. The molecule has 1 aliphatic carbocycles. The average molecular weight is 211 g/mol. The van der Waals surface area contributed by atoms with E-state index in [1.54, 1.807) is 0 Å². The Bertz CT molecular complexity index is 181. The number of hydrogen-bond acceptors (Lipinski definition) is 2. The van der Waals surface area contributed by atoms with Crippen molar-refractivity contribution in [1.82, 2.24) is 5.32 Å². The standard InChI is InChI=1S/C13H25NO/c1-2-10-15-11-13(12-6-7-12)8-4-3-5-9-14-13/h12,14H,2-11H2,1H3.